The maximum absolute atomic E-state index is 11.6. The lowest BCUT2D eigenvalue weighted by atomic mass is 9.96. The van der Waals surface area contributed by atoms with Crippen molar-refractivity contribution >= 4 is 17.5 Å². The number of carbonyl (C=O) groups is 3. The topological polar surface area (TPSA) is 97.5 Å². The van der Waals surface area contributed by atoms with Crippen LogP contribution >= 0.6 is 0 Å². The first kappa shape index (κ1) is 13.1. The molecule has 0 radical (unpaired) electrons. The van der Waals surface area contributed by atoms with Crippen LogP contribution in [0.15, 0.2) is 24.3 Å². The van der Waals surface area contributed by atoms with Gasteiger partial charge in [0.1, 0.15) is 6.04 Å². The summed E-state index contributed by atoms with van der Waals surface area (Å²) in [5, 5.41) is 8.71. The normalized spacial score (nSPS) is 11.9. The number of rotatable bonds is 5. The molecule has 0 aromatic heterocycles. The van der Waals surface area contributed by atoms with Gasteiger partial charge in [0, 0.05) is 12.5 Å². The number of ketones is 2. The van der Waals surface area contributed by atoms with Crippen LogP contribution in [0.1, 0.15) is 22.8 Å². The van der Waals surface area contributed by atoms with Crippen molar-refractivity contribution in [3.8, 4) is 0 Å². The third-order valence-corrected chi connectivity index (χ3v) is 2.34. The Labute approximate surface area is 98.2 Å². The fourth-order valence-electron chi connectivity index (χ4n) is 1.43. The van der Waals surface area contributed by atoms with E-state index in [-0.39, 0.29) is 12.0 Å². The fraction of sp³-hybridized carbons (Fsp3) is 0.250. The molecule has 1 atom stereocenters. The summed E-state index contributed by atoms with van der Waals surface area (Å²) < 4.78 is 0. The van der Waals surface area contributed by atoms with Crippen LogP contribution in [0.3, 0.4) is 0 Å². The number of aliphatic carboxylic acids is 1. The zero-order valence-electron chi connectivity index (χ0n) is 9.34. The molecule has 5 heteroatoms. The van der Waals surface area contributed by atoms with Gasteiger partial charge in [-0.25, -0.2) is 0 Å². The maximum atomic E-state index is 11.6. The largest absolute Gasteiger partial charge is 0.480 e. The van der Waals surface area contributed by atoms with Gasteiger partial charge in [-0.05, 0) is 12.0 Å². The first-order valence-electron chi connectivity index (χ1n) is 5.05. The number of Topliss-reactive ketones (excluding diaryl/α,β-unsaturated/α-hetero) is 2. The van der Waals surface area contributed by atoms with Crippen LogP contribution < -0.4 is 5.73 Å². The van der Waals surface area contributed by atoms with Crippen molar-refractivity contribution in [3.63, 3.8) is 0 Å². The van der Waals surface area contributed by atoms with Crippen molar-refractivity contribution in [2.45, 2.75) is 19.4 Å². The lowest BCUT2D eigenvalue weighted by molar-refractivity contribution is -0.138. The van der Waals surface area contributed by atoms with Crippen LogP contribution in [0.4, 0.5) is 0 Å². The van der Waals surface area contributed by atoms with E-state index >= 15 is 0 Å². The van der Waals surface area contributed by atoms with Crippen LogP contribution in [0.5, 0.6) is 0 Å². The minimum atomic E-state index is -1.14. The van der Waals surface area contributed by atoms with Crippen LogP contribution in [0.2, 0.25) is 0 Å². The summed E-state index contributed by atoms with van der Waals surface area (Å²) in [5.41, 5.74) is 6.09. The number of carboxylic acid groups (broad SMARTS) is 1. The van der Waals surface area contributed by atoms with E-state index in [1.165, 1.54) is 13.0 Å². The predicted molar refractivity (Wildman–Crippen MR) is 60.8 cm³/mol. The van der Waals surface area contributed by atoms with E-state index in [4.69, 9.17) is 10.8 Å². The van der Waals surface area contributed by atoms with Crippen LogP contribution in [0, 0.1) is 0 Å². The SMILES string of the molecule is CC(=O)C(=O)c1ccccc1CC(N)C(=O)O. The summed E-state index contributed by atoms with van der Waals surface area (Å²) in [4.78, 5) is 33.2. The van der Waals surface area contributed by atoms with E-state index in [1.807, 2.05) is 0 Å². The van der Waals surface area contributed by atoms with Gasteiger partial charge in [-0.15, -0.1) is 0 Å². The van der Waals surface area contributed by atoms with Gasteiger partial charge in [0.2, 0.25) is 5.78 Å². The molecule has 5 nitrogen and oxygen atoms in total. The number of hydrogen-bond acceptors (Lipinski definition) is 4. The van der Waals surface area contributed by atoms with Gasteiger partial charge in [0.05, 0.1) is 0 Å². The van der Waals surface area contributed by atoms with Gasteiger partial charge in [-0.2, -0.15) is 0 Å². The van der Waals surface area contributed by atoms with Crippen molar-refractivity contribution in [2.75, 3.05) is 0 Å². The second-order valence-corrected chi connectivity index (χ2v) is 3.69. The summed E-state index contributed by atoms with van der Waals surface area (Å²) in [5.74, 6) is -2.35. The summed E-state index contributed by atoms with van der Waals surface area (Å²) in [7, 11) is 0. The molecular weight excluding hydrogens is 222 g/mol. The predicted octanol–water partition coefficient (Wildman–Crippen LogP) is 0.413. The highest BCUT2D eigenvalue weighted by molar-refractivity contribution is 6.43. The Morgan fingerprint density at radius 1 is 1.29 bits per heavy atom. The molecule has 1 rings (SSSR count). The summed E-state index contributed by atoms with van der Waals surface area (Å²) in [6, 6.07) is 5.29. The molecule has 0 amide bonds. The van der Waals surface area contributed by atoms with Crippen molar-refractivity contribution < 1.29 is 19.5 Å². The molecule has 0 aliphatic carbocycles. The average Bonchev–Trinajstić information content (AvgIpc) is 2.28. The van der Waals surface area contributed by atoms with Crippen molar-refractivity contribution in [2.24, 2.45) is 5.73 Å². The molecule has 0 aliphatic heterocycles. The van der Waals surface area contributed by atoms with Gasteiger partial charge in [0.25, 0.3) is 0 Å². The third-order valence-electron chi connectivity index (χ3n) is 2.34. The Morgan fingerprint density at radius 3 is 2.41 bits per heavy atom. The first-order chi connectivity index (χ1) is 7.93. The summed E-state index contributed by atoms with van der Waals surface area (Å²) in [6.07, 6.45) is 0.0184. The summed E-state index contributed by atoms with van der Waals surface area (Å²) >= 11 is 0. The molecule has 1 aromatic rings. The molecule has 0 spiro atoms. The number of benzene rings is 1. The van der Waals surface area contributed by atoms with Crippen molar-refractivity contribution in [3.05, 3.63) is 35.4 Å². The fourth-order valence-corrected chi connectivity index (χ4v) is 1.43. The summed E-state index contributed by atoms with van der Waals surface area (Å²) in [6.45, 7) is 1.18. The van der Waals surface area contributed by atoms with Gasteiger partial charge in [-0.3, -0.25) is 14.4 Å². The molecule has 0 saturated carbocycles. The molecule has 90 valence electrons. The Bertz CT molecular complexity index is 467. The van der Waals surface area contributed by atoms with E-state index in [1.54, 1.807) is 18.2 Å². The second-order valence-electron chi connectivity index (χ2n) is 3.69. The van der Waals surface area contributed by atoms with E-state index in [0.29, 0.717) is 5.56 Å². The Morgan fingerprint density at radius 2 is 1.88 bits per heavy atom. The van der Waals surface area contributed by atoms with Gasteiger partial charge >= 0.3 is 5.97 Å². The molecule has 0 fully saturated rings. The van der Waals surface area contributed by atoms with Crippen LogP contribution in [-0.2, 0) is 16.0 Å². The number of hydrogen-bond donors (Lipinski definition) is 2. The highest BCUT2D eigenvalue weighted by atomic mass is 16.4. The molecule has 0 aliphatic rings. The Hall–Kier alpha value is -2.01. The smallest absolute Gasteiger partial charge is 0.320 e. The Kier molecular flexibility index (Phi) is 4.12. The van der Waals surface area contributed by atoms with Gasteiger partial charge in [-0.1, -0.05) is 24.3 Å². The maximum Gasteiger partial charge on any atom is 0.320 e. The number of nitrogens with two attached hydrogens (primary N) is 1. The van der Waals surface area contributed by atoms with E-state index in [2.05, 4.69) is 0 Å². The second kappa shape index (κ2) is 5.36. The number of carboxylic acids is 1. The minimum absolute atomic E-state index is 0.0184. The molecular formula is C12H13NO4. The van der Waals surface area contributed by atoms with Gasteiger partial charge < -0.3 is 10.8 Å². The van der Waals surface area contributed by atoms with Crippen LogP contribution in [-0.4, -0.2) is 28.7 Å². The third kappa shape index (κ3) is 3.22. The number of carbonyl (C=O) groups excluding carboxylic acids is 2. The molecule has 0 heterocycles. The quantitative estimate of drug-likeness (QED) is 0.569. The van der Waals surface area contributed by atoms with E-state index in [0.717, 1.165) is 0 Å². The molecule has 17 heavy (non-hydrogen) atoms. The first-order valence-corrected chi connectivity index (χ1v) is 5.05. The molecule has 1 aromatic carbocycles. The zero-order chi connectivity index (χ0) is 13.0. The highest BCUT2D eigenvalue weighted by Crippen LogP contribution is 2.12. The lowest BCUT2D eigenvalue weighted by Crippen LogP contribution is -2.33. The molecule has 1 unspecified atom stereocenters. The molecule has 0 bridgehead atoms. The standard InChI is InChI=1S/C12H13NO4/c1-7(14)11(15)9-5-3-2-4-8(9)6-10(13)12(16)17/h2-5,10H,6,13H2,1H3,(H,16,17). The van der Waals surface area contributed by atoms with Crippen LogP contribution in [0.25, 0.3) is 0 Å². The zero-order valence-corrected chi connectivity index (χ0v) is 9.34. The van der Waals surface area contributed by atoms with Gasteiger partial charge in [0.15, 0.2) is 5.78 Å². The molecule has 0 saturated heterocycles. The minimum Gasteiger partial charge on any atom is -0.480 e. The van der Waals surface area contributed by atoms with Crippen molar-refractivity contribution in [1.29, 1.82) is 0 Å². The van der Waals surface area contributed by atoms with Crippen molar-refractivity contribution in [1.82, 2.24) is 0 Å². The Balaban J connectivity index is 3.04. The van der Waals surface area contributed by atoms with E-state index in [9.17, 15) is 14.4 Å². The lowest BCUT2D eigenvalue weighted by Gasteiger charge is -2.09. The monoisotopic (exact) mass is 235 g/mol. The van der Waals surface area contributed by atoms with E-state index < -0.39 is 23.6 Å². The highest BCUT2D eigenvalue weighted by Gasteiger charge is 2.19. The average molecular weight is 235 g/mol. The molecule has 3 N–H and O–H groups in total.